The first kappa shape index (κ1) is 15.1. The molecule has 0 aliphatic rings. The van der Waals surface area contributed by atoms with Crippen LogP contribution in [-0.2, 0) is 11.3 Å². The molecule has 124 valence electrons. The Morgan fingerprint density at radius 2 is 2.00 bits per heavy atom. The van der Waals surface area contributed by atoms with Crippen LogP contribution in [0.5, 0.6) is 0 Å². The van der Waals surface area contributed by atoms with E-state index in [-0.39, 0.29) is 12.5 Å². The predicted molar refractivity (Wildman–Crippen MR) is 94.1 cm³/mol. The quantitative estimate of drug-likeness (QED) is 0.460. The van der Waals surface area contributed by atoms with Crippen molar-refractivity contribution in [2.24, 2.45) is 5.10 Å². The van der Waals surface area contributed by atoms with Gasteiger partial charge in [-0.05, 0) is 31.2 Å². The molecule has 1 amide bonds. The first-order valence-corrected chi connectivity index (χ1v) is 7.81. The third-order valence-corrected chi connectivity index (χ3v) is 3.84. The lowest BCUT2D eigenvalue weighted by atomic mass is 10.2. The number of aromatic nitrogens is 3. The number of hydrazone groups is 1. The Balaban J connectivity index is 1.47. The Bertz CT molecular complexity index is 1060. The Morgan fingerprint density at radius 3 is 2.88 bits per heavy atom. The zero-order chi connectivity index (χ0) is 17.2. The molecule has 25 heavy (non-hydrogen) atoms. The summed E-state index contributed by atoms with van der Waals surface area (Å²) in [5.41, 5.74) is 5.45. The van der Waals surface area contributed by atoms with Gasteiger partial charge < -0.3 is 4.42 Å². The van der Waals surface area contributed by atoms with Crippen molar-refractivity contribution in [1.29, 1.82) is 0 Å². The van der Waals surface area contributed by atoms with Gasteiger partial charge in [-0.25, -0.2) is 10.1 Å². The normalized spacial score (nSPS) is 12.0. The maximum absolute atomic E-state index is 12.1. The van der Waals surface area contributed by atoms with E-state index < -0.39 is 0 Å². The average molecular weight is 333 g/mol. The second kappa shape index (κ2) is 6.20. The fourth-order valence-electron chi connectivity index (χ4n) is 2.57. The van der Waals surface area contributed by atoms with E-state index in [4.69, 9.17) is 4.42 Å². The Kier molecular flexibility index (Phi) is 3.74. The van der Waals surface area contributed by atoms with Gasteiger partial charge in [0.15, 0.2) is 5.76 Å². The summed E-state index contributed by atoms with van der Waals surface area (Å²) < 4.78 is 7.25. The smallest absolute Gasteiger partial charge is 0.261 e. The van der Waals surface area contributed by atoms with Crippen molar-refractivity contribution in [1.82, 2.24) is 20.4 Å². The van der Waals surface area contributed by atoms with Crippen molar-refractivity contribution in [3.63, 3.8) is 0 Å². The molecule has 7 nitrogen and oxygen atoms in total. The number of amides is 1. The standard InChI is InChI=1S/C18H15N5O2/c1-12(17-10-13-6-2-5-9-16(13)25-17)19-21-18(24)11-23-15-8-4-3-7-14(15)20-22-23/h2-10H,11H2,1H3,(H,21,24). The van der Waals surface area contributed by atoms with E-state index in [1.807, 2.05) is 54.6 Å². The minimum atomic E-state index is -0.286. The molecular weight excluding hydrogens is 318 g/mol. The van der Waals surface area contributed by atoms with Gasteiger partial charge in [0.05, 0.1) is 5.52 Å². The SMILES string of the molecule is CC(=NNC(=O)Cn1nnc2ccccc21)c1cc2ccccc2o1. The molecular formula is C18H15N5O2. The maximum Gasteiger partial charge on any atom is 0.261 e. The third kappa shape index (κ3) is 2.99. The van der Waals surface area contributed by atoms with Crippen LogP contribution >= 0.6 is 0 Å². The van der Waals surface area contributed by atoms with Crippen LogP contribution in [0.15, 0.2) is 64.1 Å². The zero-order valence-electron chi connectivity index (χ0n) is 13.5. The molecule has 0 saturated carbocycles. The molecule has 0 saturated heterocycles. The highest BCUT2D eigenvalue weighted by atomic mass is 16.3. The number of nitrogens with one attached hydrogen (secondary N) is 1. The number of rotatable bonds is 4. The van der Waals surface area contributed by atoms with E-state index in [1.54, 1.807) is 6.92 Å². The molecule has 2 aromatic heterocycles. The number of benzene rings is 2. The second-order valence-corrected chi connectivity index (χ2v) is 5.62. The lowest BCUT2D eigenvalue weighted by molar-refractivity contribution is -0.121. The van der Waals surface area contributed by atoms with E-state index >= 15 is 0 Å². The Morgan fingerprint density at radius 1 is 1.20 bits per heavy atom. The third-order valence-electron chi connectivity index (χ3n) is 3.84. The molecule has 0 aliphatic heterocycles. The average Bonchev–Trinajstić information content (AvgIpc) is 3.24. The molecule has 0 spiro atoms. The fraction of sp³-hybridized carbons (Fsp3) is 0.111. The molecule has 7 heteroatoms. The number of para-hydroxylation sites is 2. The van der Waals surface area contributed by atoms with Crippen molar-refractivity contribution in [3.8, 4) is 0 Å². The molecule has 0 atom stereocenters. The molecule has 0 fully saturated rings. The van der Waals surface area contributed by atoms with Crippen molar-refractivity contribution in [3.05, 3.63) is 60.4 Å². The summed E-state index contributed by atoms with van der Waals surface area (Å²) in [6, 6.07) is 17.1. The summed E-state index contributed by atoms with van der Waals surface area (Å²) in [4.78, 5) is 12.1. The summed E-state index contributed by atoms with van der Waals surface area (Å²) in [5, 5.41) is 13.1. The predicted octanol–water partition coefficient (Wildman–Crippen LogP) is 2.72. The van der Waals surface area contributed by atoms with Crippen LogP contribution in [0.2, 0.25) is 0 Å². The summed E-state index contributed by atoms with van der Waals surface area (Å²) >= 11 is 0. The van der Waals surface area contributed by atoms with Gasteiger partial charge >= 0.3 is 0 Å². The van der Waals surface area contributed by atoms with E-state index in [0.717, 1.165) is 22.0 Å². The van der Waals surface area contributed by atoms with E-state index in [0.29, 0.717) is 11.5 Å². The molecule has 1 N–H and O–H groups in total. The van der Waals surface area contributed by atoms with Gasteiger partial charge in [0.25, 0.3) is 5.91 Å². The second-order valence-electron chi connectivity index (χ2n) is 5.62. The number of fused-ring (bicyclic) bond motifs is 2. The first-order chi connectivity index (χ1) is 12.2. The summed E-state index contributed by atoms with van der Waals surface area (Å²) in [5.74, 6) is 0.332. The van der Waals surface area contributed by atoms with Crippen LogP contribution in [0, 0.1) is 0 Å². The molecule has 0 radical (unpaired) electrons. The minimum Gasteiger partial charge on any atom is -0.455 e. The molecule has 0 unspecified atom stereocenters. The largest absolute Gasteiger partial charge is 0.455 e. The maximum atomic E-state index is 12.1. The minimum absolute atomic E-state index is 0.0391. The van der Waals surface area contributed by atoms with Crippen LogP contribution in [0.25, 0.3) is 22.0 Å². The van der Waals surface area contributed by atoms with Crippen LogP contribution in [-0.4, -0.2) is 26.6 Å². The van der Waals surface area contributed by atoms with Gasteiger partial charge in [-0.15, -0.1) is 5.10 Å². The molecule has 2 heterocycles. The van der Waals surface area contributed by atoms with Crippen molar-refractivity contribution in [2.75, 3.05) is 0 Å². The van der Waals surface area contributed by atoms with Crippen molar-refractivity contribution >= 4 is 33.6 Å². The Hall–Kier alpha value is -3.48. The number of hydrogen-bond donors (Lipinski definition) is 1. The van der Waals surface area contributed by atoms with Crippen LogP contribution in [0.3, 0.4) is 0 Å². The van der Waals surface area contributed by atoms with E-state index in [1.165, 1.54) is 4.68 Å². The van der Waals surface area contributed by atoms with Crippen LogP contribution in [0.4, 0.5) is 0 Å². The summed E-state index contributed by atoms with van der Waals surface area (Å²) in [6.07, 6.45) is 0. The van der Waals surface area contributed by atoms with Gasteiger partial charge in [0.1, 0.15) is 23.4 Å². The monoisotopic (exact) mass is 333 g/mol. The number of furan rings is 1. The lowest BCUT2D eigenvalue weighted by Gasteiger charge is -2.02. The Labute approximate surface area is 142 Å². The molecule has 2 aromatic carbocycles. The number of hydrogen-bond acceptors (Lipinski definition) is 5. The molecule has 4 aromatic rings. The molecule has 0 aliphatic carbocycles. The van der Waals surface area contributed by atoms with Gasteiger partial charge in [-0.2, -0.15) is 5.10 Å². The topological polar surface area (TPSA) is 85.3 Å². The van der Waals surface area contributed by atoms with Crippen LogP contribution in [0.1, 0.15) is 12.7 Å². The summed E-state index contributed by atoms with van der Waals surface area (Å²) in [7, 11) is 0. The number of carbonyl (C=O) groups excluding carboxylic acids is 1. The van der Waals surface area contributed by atoms with Gasteiger partial charge in [-0.3, -0.25) is 4.79 Å². The van der Waals surface area contributed by atoms with E-state index in [2.05, 4.69) is 20.8 Å². The highest BCUT2D eigenvalue weighted by Gasteiger charge is 2.09. The van der Waals surface area contributed by atoms with E-state index in [9.17, 15) is 4.79 Å². The number of carbonyl (C=O) groups is 1. The fourth-order valence-corrected chi connectivity index (χ4v) is 2.57. The first-order valence-electron chi connectivity index (χ1n) is 7.81. The van der Waals surface area contributed by atoms with Crippen molar-refractivity contribution < 1.29 is 9.21 Å². The molecule has 4 rings (SSSR count). The number of nitrogens with zero attached hydrogens (tertiary/aromatic N) is 4. The molecule has 0 bridgehead atoms. The lowest BCUT2D eigenvalue weighted by Crippen LogP contribution is -2.24. The summed E-state index contributed by atoms with van der Waals surface area (Å²) in [6.45, 7) is 1.82. The van der Waals surface area contributed by atoms with Crippen LogP contribution < -0.4 is 5.43 Å². The highest BCUT2D eigenvalue weighted by molar-refractivity contribution is 6.00. The highest BCUT2D eigenvalue weighted by Crippen LogP contribution is 2.19. The zero-order valence-corrected chi connectivity index (χ0v) is 13.5. The van der Waals surface area contributed by atoms with Gasteiger partial charge in [0, 0.05) is 5.39 Å². The van der Waals surface area contributed by atoms with Gasteiger partial charge in [0.2, 0.25) is 0 Å². The van der Waals surface area contributed by atoms with Crippen molar-refractivity contribution in [2.45, 2.75) is 13.5 Å². The van der Waals surface area contributed by atoms with Gasteiger partial charge in [-0.1, -0.05) is 35.5 Å².